The molecule has 188 valence electrons. The Morgan fingerprint density at radius 3 is 2.66 bits per heavy atom. The predicted octanol–water partition coefficient (Wildman–Crippen LogP) is 3.40. The number of aromatic amines is 1. The Morgan fingerprint density at radius 2 is 1.97 bits per heavy atom. The van der Waals surface area contributed by atoms with E-state index in [1.165, 1.54) is 12.3 Å². The summed E-state index contributed by atoms with van der Waals surface area (Å²) >= 11 is 0. The van der Waals surface area contributed by atoms with Gasteiger partial charge in [0.1, 0.15) is 17.4 Å². The molecule has 3 rings (SSSR count). The lowest BCUT2D eigenvalue weighted by Crippen LogP contribution is -2.47. The number of nitrogens with one attached hydrogen (secondary N) is 2. The van der Waals surface area contributed by atoms with E-state index in [0.717, 1.165) is 31.9 Å². The minimum atomic E-state index is -0.798. The maximum absolute atomic E-state index is 14.9. The van der Waals surface area contributed by atoms with E-state index < -0.39 is 17.4 Å². The lowest BCUT2D eigenvalue weighted by molar-refractivity contribution is 0.198. The zero-order chi connectivity index (χ0) is 25.4. The van der Waals surface area contributed by atoms with Crippen LogP contribution in [0.1, 0.15) is 12.6 Å². The lowest BCUT2D eigenvalue weighted by atomic mass is 10.2. The molecule has 1 fully saturated rings. The second-order valence-corrected chi connectivity index (χ2v) is 8.07. The molecule has 11 heteroatoms. The third-order valence-corrected chi connectivity index (χ3v) is 5.43. The first kappa shape index (κ1) is 25.9. The lowest BCUT2D eigenvalue weighted by Gasteiger charge is -2.33. The van der Waals surface area contributed by atoms with E-state index in [9.17, 15) is 8.78 Å². The number of benzene rings is 1. The second kappa shape index (κ2) is 12.1. The zero-order valence-electron chi connectivity index (χ0n) is 20.3. The van der Waals surface area contributed by atoms with E-state index >= 15 is 0 Å². The van der Waals surface area contributed by atoms with Crippen molar-refractivity contribution < 1.29 is 18.3 Å². The topological polar surface area (TPSA) is 89.8 Å². The van der Waals surface area contributed by atoms with Crippen molar-refractivity contribution in [2.45, 2.75) is 13.8 Å². The molecule has 1 saturated heterocycles. The summed E-state index contributed by atoms with van der Waals surface area (Å²) in [6.45, 7) is 13.5. The number of rotatable bonds is 10. The highest BCUT2D eigenvalue weighted by Crippen LogP contribution is 2.30. The molecule has 9 nitrogen and oxygen atoms in total. The number of ether oxygens (including phenoxy) is 2. The third kappa shape index (κ3) is 6.89. The maximum atomic E-state index is 14.9. The van der Waals surface area contributed by atoms with E-state index in [-0.39, 0.29) is 18.8 Å². The fraction of sp³-hybridized carbons (Fsp3) is 0.375. The van der Waals surface area contributed by atoms with Gasteiger partial charge in [0, 0.05) is 49.4 Å². The van der Waals surface area contributed by atoms with Gasteiger partial charge < -0.3 is 29.6 Å². The second-order valence-electron chi connectivity index (χ2n) is 8.07. The first-order valence-corrected chi connectivity index (χ1v) is 11.1. The zero-order valence-corrected chi connectivity index (χ0v) is 20.3. The third-order valence-electron chi connectivity index (χ3n) is 5.43. The molecule has 0 unspecified atom stereocenters. The number of piperazine rings is 1. The van der Waals surface area contributed by atoms with Crippen LogP contribution in [-0.2, 0) is 4.74 Å². The molecule has 1 aliphatic rings. The number of fused-ring (bicyclic) bond motifs is 1. The van der Waals surface area contributed by atoms with Crippen molar-refractivity contribution >= 4 is 30.2 Å². The number of aryl methyl sites for hydroxylation is 1. The van der Waals surface area contributed by atoms with Crippen LogP contribution in [-0.4, -0.2) is 80.7 Å². The molecular formula is C24H31F2N7O2. The van der Waals surface area contributed by atoms with Crippen LogP contribution >= 0.6 is 0 Å². The number of hydrogen-bond acceptors (Lipinski definition) is 7. The Bertz CT molecular complexity index is 1150. The summed E-state index contributed by atoms with van der Waals surface area (Å²) in [6, 6.07) is 2.82. The van der Waals surface area contributed by atoms with Crippen LogP contribution in [0.5, 0.6) is 5.75 Å². The molecule has 0 bridgehead atoms. The van der Waals surface area contributed by atoms with Gasteiger partial charge >= 0.3 is 0 Å². The molecule has 2 aromatic rings. The van der Waals surface area contributed by atoms with E-state index in [4.69, 9.17) is 9.47 Å². The first-order valence-electron chi connectivity index (χ1n) is 11.1. The van der Waals surface area contributed by atoms with Crippen molar-refractivity contribution in [2.75, 3.05) is 46.7 Å². The van der Waals surface area contributed by atoms with Crippen molar-refractivity contribution in [3.8, 4) is 5.75 Å². The van der Waals surface area contributed by atoms with Crippen molar-refractivity contribution in [3.05, 3.63) is 53.3 Å². The number of amidine groups is 1. The van der Waals surface area contributed by atoms with Gasteiger partial charge in [0.15, 0.2) is 30.8 Å². The SMILES string of the molecule is C=N/C=C(/C)OCN/C(=C/C(=N\COc1c(F)cc2[nH]c(C)cc2c1F)N1CCN(C)CC1)N=C. The van der Waals surface area contributed by atoms with Crippen molar-refractivity contribution in [1.29, 1.82) is 0 Å². The number of aliphatic imine (C=N–C) groups is 3. The van der Waals surface area contributed by atoms with Gasteiger partial charge in [-0.05, 0) is 40.4 Å². The summed E-state index contributed by atoms with van der Waals surface area (Å²) in [4.78, 5) is 19.3. The standard InChI is InChI=1S/C24H31F2N7O2/c1-16-10-18-20(31-16)11-19(25)24(23(18)26)35-15-30-22(33-8-6-32(5)7-9-33)12-21(28-4)29-14-34-17(2)13-27-3/h10-13,29,31H,3-4,6-9,14-15H2,1-2,5H3/b17-13-,21-12+,30-22+. The average Bonchev–Trinajstić information content (AvgIpc) is 3.20. The molecule has 2 N–H and O–H groups in total. The molecule has 2 heterocycles. The molecule has 1 aliphatic heterocycles. The number of aromatic nitrogens is 1. The van der Waals surface area contributed by atoms with E-state index in [1.54, 1.807) is 26.0 Å². The van der Waals surface area contributed by atoms with Gasteiger partial charge in [0.05, 0.1) is 11.7 Å². The number of halogens is 2. The van der Waals surface area contributed by atoms with Crippen LogP contribution in [0.2, 0.25) is 0 Å². The maximum Gasteiger partial charge on any atom is 0.194 e. The highest BCUT2D eigenvalue weighted by atomic mass is 19.1. The summed E-state index contributed by atoms with van der Waals surface area (Å²) in [5, 5.41) is 3.27. The normalized spacial score (nSPS) is 15.9. The molecule has 0 radical (unpaired) electrons. The van der Waals surface area contributed by atoms with Crippen LogP contribution in [0.25, 0.3) is 10.9 Å². The van der Waals surface area contributed by atoms with E-state index in [0.29, 0.717) is 22.9 Å². The van der Waals surface area contributed by atoms with Gasteiger partial charge in [0.2, 0.25) is 0 Å². The molecule has 0 amide bonds. The summed E-state index contributed by atoms with van der Waals surface area (Å²) in [5.41, 5.74) is 1.10. The molecular weight excluding hydrogens is 456 g/mol. The van der Waals surface area contributed by atoms with Crippen molar-refractivity contribution in [1.82, 2.24) is 20.1 Å². The number of nitrogens with zero attached hydrogens (tertiary/aromatic N) is 5. The Labute approximate surface area is 203 Å². The van der Waals surface area contributed by atoms with E-state index in [1.807, 2.05) is 7.05 Å². The molecule has 1 aromatic carbocycles. The summed E-state index contributed by atoms with van der Waals surface area (Å²) in [7, 11) is 2.04. The number of H-pyrrole nitrogens is 1. The monoisotopic (exact) mass is 487 g/mol. The Balaban J connectivity index is 1.78. The smallest absolute Gasteiger partial charge is 0.194 e. The van der Waals surface area contributed by atoms with Crippen LogP contribution in [0, 0.1) is 18.6 Å². The molecule has 0 saturated carbocycles. The van der Waals surface area contributed by atoms with Gasteiger partial charge in [-0.1, -0.05) is 0 Å². The molecule has 0 spiro atoms. The largest absolute Gasteiger partial charge is 0.476 e. The fourth-order valence-electron chi connectivity index (χ4n) is 3.56. The molecule has 0 atom stereocenters. The highest BCUT2D eigenvalue weighted by Gasteiger charge is 2.19. The van der Waals surface area contributed by atoms with Gasteiger partial charge in [-0.15, -0.1) is 0 Å². The van der Waals surface area contributed by atoms with Crippen LogP contribution in [0.15, 0.2) is 51.0 Å². The molecule has 0 aliphatic carbocycles. The van der Waals surface area contributed by atoms with Gasteiger partial charge in [-0.3, -0.25) is 4.99 Å². The van der Waals surface area contributed by atoms with Gasteiger partial charge in [-0.25, -0.2) is 18.8 Å². The first-order chi connectivity index (χ1) is 16.8. The highest BCUT2D eigenvalue weighted by molar-refractivity contribution is 5.93. The van der Waals surface area contributed by atoms with Gasteiger partial charge in [0.25, 0.3) is 0 Å². The fourth-order valence-corrected chi connectivity index (χ4v) is 3.56. The quantitative estimate of drug-likeness (QED) is 0.232. The summed E-state index contributed by atoms with van der Waals surface area (Å²) in [5.74, 6) is -0.477. The van der Waals surface area contributed by atoms with Crippen LogP contribution < -0.4 is 10.1 Å². The molecule has 1 aromatic heterocycles. The average molecular weight is 488 g/mol. The van der Waals surface area contributed by atoms with E-state index in [2.05, 4.69) is 48.5 Å². The number of likely N-dealkylation sites (N-methyl/N-ethyl adjacent to an activating group) is 1. The Hall–Kier alpha value is -3.73. The summed E-state index contributed by atoms with van der Waals surface area (Å²) < 4.78 is 40.3. The predicted molar refractivity (Wildman–Crippen MR) is 135 cm³/mol. The number of allylic oxidation sites excluding steroid dienone is 1. The van der Waals surface area contributed by atoms with Crippen molar-refractivity contribution in [3.63, 3.8) is 0 Å². The minimum Gasteiger partial charge on any atom is -0.476 e. The van der Waals surface area contributed by atoms with Crippen molar-refractivity contribution in [2.24, 2.45) is 15.0 Å². The number of hydrogen-bond donors (Lipinski definition) is 2. The van der Waals surface area contributed by atoms with Crippen LogP contribution in [0.3, 0.4) is 0 Å². The Morgan fingerprint density at radius 1 is 1.23 bits per heavy atom. The van der Waals surface area contributed by atoms with Gasteiger partial charge in [-0.2, -0.15) is 0 Å². The minimum absolute atomic E-state index is 0.127. The van der Waals surface area contributed by atoms with Crippen LogP contribution in [0.4, 0.5) is 8.78 Å². The molecule has 35 heavy (non-hydrogen) atoms. The summed E-state index contributed by atoms with van der Waals surface area (Å²) in [6.07, 6.45) is 3.19. The Kier molecular flexibility index (Phi) is 8.96.